The monoisotopic (exact) mass is 192 g/mol. The quantitative estimate of drug-likeness (QED) is 0.662. The van der Waals surface area contributed by atoms with Gasteiger partial charge in [0, 0.05) is 18.4 Å². The van der Waals surface area contributed by atoms with E-state index in [2.05, 4.69) is 9.97 Å². The molecule has 14 heavy (non-hydrogen) atoms. The van der Waals surface area contributed by atoms with Gasteiger partial charge < -0.3 is 4.74 Å². The fraction of sp³-hybridized carbons (Fsp3) is 0.500. The molecule has 1 aromatic rings. The van der Waals surface area contributed by atoms with Crippen molar-refractivity contribution in [3.05, 3.63) is 17.1 Å². The first-order chi connectivity index (χ1) is 6.70. The van der Waals surface area contributed by atoms with Crippen LogP contribution in [0.2, 0.25) is 0 Å². The summed E-state index contributed by atoms with van der Waals surface area (Å²) in [5, 5.41) is 0. The number of methoxy groups -OCH3 is 1. The van der Waals surface area contributed by atoms with Crippen LogP contribution in [0.3, 0.4) is 0 Å². The second kappa shape index (κ2) is 3.36. The van der Waals surface area contributed by atoms with Crippen molar-refractivity contribution in [2.24, 2.45) is 0 Å². The lowest BCUT2D eigenvalue weighted by atomic mass is 9.96. The molecule has 0 unspecified atom stereocenters. The number of ether oxygens (including phenoxy) is 1. The molecule has 0 amide bonds. The van der Waals surface area contributed by atoms with Gasteiger partial charge in [-0.1, -0.05) is 0 Å². The maximum atomic E-state index is 11.2. The molecule has 0 aromatic carbocycles. The topological polar surface area (TPSA) is 52.1 Å². The van der Waals surface area contributed by atoms with Crippen molar-refractivity contribution < 1.29 is 9.53 Å². The molecular formula is C10H12N2O2. The van der Waals surface area contributed by atoms with Gasteiger partial charge in [0.15, 0.2) is 0 Å². The van der Waals surface area contributed by atoms with Gasteiger partial charge in [-0.25, -0.2) is 4.98 Å². The Bertz CT molecular complexity index is 388. The molecule has 0 saturated carbocycles. The SMILES string of the molecule is COc1nc(C)nc2c1CCC(=O)C2. The lowest BCUT2D eigenvalue weighted by Gasteiger charge is -2.16. The summed E-state index contributed by atoms with van der Waals surface area (Å²) in [5.41, 5.74) is 1.84. The summed E-state index contributed by atoms with van der Waals surface area (Å²) in [4.78, 5) is 19.7. The number of hydrogen-bond donors (Lipinski definition) is 0. The van der Waals surface area contributed by atoms with Crippen LogP contribution in [-0.2, 0) is 17.6 Å². The standard InChI is InChI=1S/C10H12N2O2/c1-6-11-9-5-7(13)3-4-8(9)10(12-6)14-2/h3-5H2,1-2H3. The van der Waals surface area contributed by atoms with E-state index in [1.54, 1.807) is 7.11 Å². The van der Waals surface area contributed by atoms with Crippen molar-refractivity contribution in [1.29, 1.82) is 0 Å². The van der Waals surface area contributed by atoms with Crippen LogP contribution in [0.25, 0.3) is 0 Å². The van der Waals surface area contributed by atoms with Crippen LogP contribution in [-0.4, -0.2) is 22.9 Å². The van der Waals surface area contributed by atoms with Gasteiger partial charge in [-0.2, -0.15) is 4.98 Å². The molecule has 0 bridgehead atoms. The van der Waals surface area contributed by atoms with E-state index >= 15 is 0 Å². The third-order valence-electron chi connectivity index (χ3n) is 2.38. The fourth-order valence-corrected chi connectivity index (χ4v) is 1.73. The van der Waals surface area contributed by atoms with Crippen LogP contribution in [0.4, 0.5) is 0 Å². The number of rotatable bonds is 1. The summed E-state index contributed by atoms with van der Waals surface area (Å²) < 4.78 is 5.17. The molecule has 0 atom stereocenters. The van der Waals surface area contributed by atoms with Crippen molar-refractivity contribution in [3.8, 4) is 5.88 Å². The molecule has 2 rings (SSSR count). The maximum absolute atomic E-state index is 11.2. The van der Waals surface area contributed by atoms with E-state index in [0.29, 0.717) is 31.0 Å². The van der Waals surface area contributed by atoms with E-state index in [9.17, 15) is 4.79 Å². The molecular weight excluding hydrogens is 180 g/mol. The van der Waals surface area contributed by atoms with E-state index in [1.165, 1.54) is 0 Å². The second-order valence-electron chi connectivity index (χ2n) is 3.42. The molecule has 74 valence electrons. The van der Waals surface area contributed by atoms with Crippen LogP contribution in [0.15, 0.2) is 0 Å². The van der Waals surface area contributed by atoms with Gasteiger partial charge in [-0.15, -0.1) is 0 Å². The van der Waals surface area contributed by atoms with Crippen molar-refractivity contribution in [2.75, 3.05) is 7.11 Å². The Hall–Kier alpha value is -1.45. The summed E-state index contributed by atoms with van der Waals surface area (Å²) >= 11 is 0. The van der Waals surface area contributed by atoms with Crippen LogP contribution in [0.5, 0.6) is 5.88 Å². The zero-order chi connectivity index (χ0) is 10.1. The molecule has 1 heterocycles. The highest BCUT2D eigenvalue weighted by Gasteiger charge is 2.21. The van der Waals surface area contributed by atoms with Crippen molar-refractivity contribution in [3.63, 3.8) is 0 Å². The first-order valence-corrected chi connectivity index (χ1v) is 4.63. The number of ketones is 1. The molecule has 1 aromatic heterocycles. The van der Waals surface area contributed by atoms with Gasteiger partial charge >= 0.3 is 0 Å². The minimum absolute atomic E-state index is 0.248. The average molecular weight is 192 g/mol. The van der Waals surface area contributed by atoms with Gasteiger partial charge in [0.1, 0.15) is 11.6 Å². The molecule has 0 saturated heterocycles. The number of nitrogens with zero attached hydrogens (tertiary/aromatic N) is 2. The second-order valence-corrected chi connectivity index (χ2v) is 3.42. The Morgan fingerprint density at radius 3 is 2.79 bits per heavy atom. The normalized spacial score (nSPS) is 15.1. The lowest BCUT2D eigenvalue weighted by molar-refractivity contribution is -0.118. The summed E-state index contributed by atoms with van der Waals surface area (Å²) in [6, 6.07) is 0. The fourth-order valence-electron chi connectivity index (χ4n) is 1.73. The molecule has 1 aliphatic carbocycles. The van der Waals surface area contributed by atoms with Gasteiger partial charge in [-0.3, -0.25) is 4.79 Å². The van der Waals surface area contributed by atoms with Crippen LogP contribution in [0, 0.1) is 6.92 Å². The van der Waals surface area contributed by atoms with E-state index in [4.69, 9.17) is 4.74 Å². The van der Waals surface area contributed by atoms with Gasteiger partial charge in [0.25, 0.3) is 0 Å². The zero-order valence-corrected chi connectivity index (χ0v) is 8.33. The van der Waals surface area contributed by atoms with E-state index < -0.39 is 0 Å². The lowest BCUT2D eigenvalue weighted by Crippen LogP contribution is -2.17. The third-order valence-corrected chi connectivity index (χ3v) is 2.38. The molecule has 0 radical (unpaired) electrons. The minimum Gasteiger partial charge on any atom is -0.481 e. The molecule has 0 spiro atoms. The maximum Gasteiger partial charge on any atom is 0.219 e. The van der Waals surface area contributed by atoms with Crippen molar-refractivity contribution >= 4 is 5.78 Å². The van der Waals surface area contributed by atoms with Crippen LogP contribution < -0.4 is 4.74 Å². The van der Waals surface area contributed by atoms with Crippen molar-refractivity contribution in [1.82, 2.24) is 9.97 Å². The number of fused-ring (bicyclic) bond motifs is 1. The molecule has 0 N–H and O–H groups in total. The Labute approximate surface area is 82.3 Å². The Kier molecular flexibility index (Phi) is 2.19. The minimum atomic E-state index is 0.248. The van der Waals surface area contributed by atoms with E-state index in [1.807, 2.05) is 6.92 Å². The predicted molar refractivity (Wildman–Crippen MR) is 50.4 cm³/mol. The molecule has 0 aliphatic heterocycles. The van der Waals surface area contributed by atoms with Gasteiger partial charge in [0.05, 0.1) is 12.8 Å². The molecule has 4 nitrogen and oxygen atoms in total. The average Bonchev–Trinajstić information content (AvgIpc) is 2.15. The predicted octanol–water partition coefficient (Wildman–Crippen LogP) is 0.851. The van der Waals surface area contributed by atoms with Crippen LogP contribution >= 0.6 is 0 Å². The highest BCUT2D eigenvalue weighted by atomic mass is 16.5. The number of aryl methyl sites for hydroxylation is 1. The number of carbonyl (C=O) groups excluding carboxylic acids is 1. The smallest absolute Gasteiger partial charge is 0.219 e. The first-order valence-electron chi connectivity index (χ1n) is 4.63. The van der Waals surface area contributed by atoms with E-state index in [0.717, 1.165) is 11.3 Å². The number of Topliss-reactive ketones (excluding diaryl/α,β-unsaturated/α-hetero) is 1. The summed E-state index contributed by atoms with van der Waals surface area (Å²) in [6.07, 6.45) is 1.71. The highest BCUT2D eigenvalue weighted by Crippen LogP contribution is 2.25. The number of aromatic nitrogens is 2. The third kappa shape index (κ3) is 1.47. The van der Waals surface area contributed by atoms with Gasteiger partial charge in [-0.05, 0) is 13.3 Å². The Morgan fingerprint density at radius 2 is 2.07 bits per heavy atom. The summed E-state index contributed by atoms with van der Waals surface area (Å²) in [6.45, 7) is 1.81. The summed E-state index contributed by atoms with van der Waals surface area (Å²) in [7, 11) is 1.60. The largest absolute Gasteiger partial charge is 0.481 e. The molecule has 1 aliphatic rings. The number of carbonyl (C=O) groups is 1. The van der Waals surface area contributed by atoms with Crippen LogP contribution in [0.1, 0.15) is 23.5 Å². The summed E-state index contributed by atoms with van der Waals surface area (Å²) in [5.74, 6) is 1.54. The molecule has 4 heteroatoms. The Morgan fingerprint density at radius 1 is 1.29 bits per heavy atom. The van der Waals surface area contributed by atoms with Crippen molar-refractivity contribution in [2.45, 2.75) is 26.2 Å². The first kappa shape index (κ1) is 9.12. The number of hydrogen-bond acceptors (Lipinski definition) is 4. The molecule has 0 fully saturated rings. The highest BCUT2D eigenvalue weighted by molar-refractivity contribution is 5.82. The van der Waals surface area contributed by atoms with Gasteiger partial charge in [0.2, 0.25) is 5.88 Å². The zero-order valence-electron chi connectivity index (χ0n) is 8.33. The Balaban J connectivity index is 2.51. The van der Waals surface area contributed by atoms with E-state index in [-0.39, 0.29) is 5.78 Å².